The minimum absolute atomic E-state index is 0.495. The molecular formula is C13H12BrClOS. The van der Waals surface area contributed by atoms with Gasteiger partial charge >= 0.3 is 0 Å². The molecule has 2 aromatic rings. The maximum Gasteiger partial charge on any atom is 0.107 e. The SMILES string of the molecule is Cc1cccc(CC(O)c2cc(Br)c(Cl)s2)c1. The molecule has 0 spiro atoms. The van der Waals surface area contributed by atoms with Crippen LogP contribution in [0, 0.1) is 6.92 Å². The first-order valence-corrected chi connectivity index (χ1v) is 7.23. The Kier molecular flexibility index (Phi) is 4.26. The molecule has 2 rings (SSSR count). The van der Waals surface area contributed by atoms with Crippen LogP contribution in [0.5, 0.6) is 0 Å². The Morgan fingerprint density at radius 3 is 2.76 bits per heavy atom. The lowest BCUT2D eigenvalue weighted by Crippen LogP contribution is -1.99. The number of thiophene rings is 1. The van der Waals surface area contributed by atoms with Crippen LogP contribution in [0.15, 0.2) is 34.8 Å². The zero-order valence-electron chi connectivity index (χ0n) is 9.28. The summed E-state index contributed by atoms with van der Waals surface area (Å²) in [6.07, 6.45) is 0.121. The molecule has 1 aromatic carbocycles. The van der Waals surface area contributed by atoms with E-state index in [4.69, 9.17) is 11.6 Å². The molecule has 0 aliphatic rings. The summed E-state index contributed by atoms with van der Waals surface area (Å²) < 4.78 is 1.53. The number of hydrogen-bond donors (Lipinski definition) is 1. The lowest BCUT2D eigenvalue weighted by molar-refractivity contribution is 0.182. The first kappa shape index (κ1) is 13.1. The molecule has 1 N–H and O–H groups in total. The summed E-state index contributed by atoms with van der Waals surface area (Å²) in [4.78, 5) is 0.892. The fraction of sp³-hybridized carbons (Fsp3) is 0.231. The molecular weight excluding hydrogens is 320 g/mol. The van der Waals surface area contributed by atoms with Crippen molar-refractivity contribution in [3.05, 3.63) is 55.1 Å². The Morgan fingerprint density at radius 1 is 1.41 bits per heavy atom. The number of halogens is 2. The molecule has 0 radical (unpaired) electrons. The second kappa shape index (κ2) is 5.53. The van der Waals surface area contributed by atoms with E-state index in [1.165, 1.54) is 16.9 Å². The van der Waals surface area contributed by atoms with E-state index >= 15 is 0 Å². The molecule has 90 valence electrons. The Hall–Kier alpha value is -0.350. The average Bonchev–Trinajstić information content (AvgIpc) is 2.59. The van der Waals surface area contributed by atoms with Crippen LogP contribution in [0.25, 0.3) is 0 Å². The molecule has 4 heteroatoms. The molecule has 1 aromatic heterocycles. The van der Waals surface area contributed by atoms with E-state index in [1.807, 2.05) is 18.2 Å². The molecule has 1 nitrogen and oxygen atoms in total. The van der Waals surface area contributed by atoms with Crippen molar-refractivity contribution in [3.8, 4) is 0 Å². The molecule has 0 aliphatic carbocycles. The van der Waals surface area contributed by atoms with Gasteiger partial charge in [-0.2, -0.15) is 0 Å². The summed E-state index contributed by atoms with van der Waals surface area (Å²) in [7, 11) is 0. The van der Waals surface area contributed by atoms with Crippen LogP contribution < -0.4 is 0 Å². The lowest BCUT2D eigenvalue weighted by Gasteiger charge is -2.08. The Bertz CT molecular complexity index is 504. The fourth-order valence-electron chi connectivity index (χ4n) is 1.69. The first-order chi connectivity index (χ1) is 8.06. The molecule has 1 heterocycles. The van der Waals surface area contributed by atoms with Crippen molar-refractivity contribution in [1.29, 1.82) is 0 Å². The van der Waals surface area contributed by atoms with Gasteiger partial charge in [0.2, 0.25) is 0 Å². The third kappa shape index (κ3) is 3.32. The average molecular weight is 332 g/mol. The summed E-state index contributed by atoms with van der Waals surface area (Å²) >= 11 is 10.7. The fourth-order valence-corrected chi connectivity index (χ4v) is 3.41. The van der Waals surface area contributed by atoms with Crippen LogP contribution >= 0.6 is 38.9 Å². The topological polar surface area (TPSA) is 20.2 Å². The maximum absolute atomic E-state index is 10.1. The van der Waals surface area contributed by atoms with E-state index in [1.54, 1.807) is 0 Å². The molecule has 0 saturated carbocycles. The largest absolute Gasteiger partial charge is 0.387 e. The van der Waals surface area contributed by atoms with Gasteiger partial charge in [0.1, 0.15) is 4.34 Å². The predicted octanol–water partition coefficient (Wildman–Crippen LogP) is 4.75. The Morgan fingerprint density at radius 2 is 2.18 bits per heavy atom. The van der Waals surface area contributed by atoms with Crippen molar-refractivity contribution in [2.45, 2.75) is 19.4 Å². The van der Waals surface area contributed by atoms with Gasteiger partial charge in [-0.15, -0.1) is 11.3 Å². The van der Waals surface area contributed by atoms with Gasteiger partial charge in [-0.3, -0.25) is 0 Å². The van der Waals surface area contributed by atoms with Crippen molar-refractivity contribution in [2.75, 3.05) is 0 Å². The standard InChI is InChI=1S/C13H12BrClOS/c1-8-3-2-4-9(5-8)6-11(16)12-7-10(14)13(15)17-12/h2-5,7,11,16H,6H2,1H3. The smallest absolute Gasteiger partial charge is 0.107 e. The first-order valence-electron chi connectivity index (χ1n) is 5.24. The van der Waals surface area contributed by atoms with Crippen molar-refractivity contribution in [1.82, 2.24) is 0 Å². The van der Waals surface area contributed by atoms with Crippen LogP contribution in [0.2, 0.25) is 4.34 Å². The van der Waals surface area contributed by atoms with Crippen LogP contribution in [0.3, 0.4) is 0 Å². The van der Waals surface area contributed by atoms with Crippen LogP contribution in [0.4, 0.5) is 0 Å². The van der Waals surface area contributed by atoms with E-state index in [2.05, 4.69) is 35.0 Å². The van der Waals surface area contributed by atoms with Crippen molar-refractivity contribution in [3.63, 3.8) is 0 Å². The second-order valence-corrected chi connectivity index (χ2v) is 6.52. The van der Waals surface area contributed by atoms with E-state index in [0.717, 1.165) is 14.9 Å². The molecule has 0 fully saturated rings. The predicted molar refractivity (Wildman–Crippen MR) is 76.9 cm³/mol. The van der Waals surface area contributed by atoms with Crippen LogP contribution in [-0.2, 0) is 6.42 Å². The zero-order valence-corrected chi connectivity index (χ0v) is 12.4. The molecule has 0 bridgehead atoms. The summed E-state index contributed by atoms with van der Waals surface area (Å²) in [6.45, 7) is 2.05. The van der Waals surface area contributed by atoms with E-state index in [-0.39, 0.29) is 0 Å². The van der Waals surface area contributed by atoms with Crippen LogP contribution in [0.1, 0.15) is 22.1 Å². The summed E-state index contributed by atoms with van der Waals surface area (Å²) in [5.41, 5.74) is 2.35. The third-order valence-electron chi connectivity index (χ3n) is 2.50. The van der Waals surface area contributed by atoms with Gasteiger partial charge in [-0.1, -0.05) is 41.4 Å². The highest BCUT2D eigenvalue weighted by atomic mass is 79.9. The highest BCUT2D eigenvalue weighted by Gasteiger charge is 2.13. The van der Waals surface area contributed by atoms with Gasteiger partial charge in [0.05, 0.1) is 6.10 Å². The molecule has 1 atom stereocenters. The van der Waals surface area contributed by atoms with Gasteiger partial charge < -0.3 is 5.11 Å². The molecule has 0 saturated heterocycles. The summed E-state index contributed by atoms with van der Waals surface area (Å²) in [5, 5.41) is 10.1. The Balaban J connectivity index is 2.14. The van der Waals surface area contributed by atoms with E-state index in [9.17, 15) is 5.11 Å². The highest BCUT2D eigenvalue weighted by molar-refractivity contribution is 9.10. The summed E-state index contributed by atoms with van der Waals surface area (Å²) in [5.74, 6) is 0. The van der Waals surface area contributed by atoms with Gasteiger partial charge in [0.15, 0.2) is 0 Å². The molecule has 17 heavy (non-hydrogen) atoms. The minimum atomic E-state index is -0.495. The summed E-state index contributed by atoms with van der Waals surface area (Å²) in [6, 6.07) is 10.1. The van der Waals surface area contributed by atoms with Gasteiger partial charge in [-0.05, 0) is 34.5 Å². The normalized spacial score (nSPS) is 12.7. The molecule has 1 unspecified atom stereocenters. The van der Waals surface area contributed by atoms with Crippen LogP contribution in [-0.4, -0.2) is 5.11 Å². The number of benzene rings is 1. The third-order valence-corrected chi connectivity index (χ3v) is 5.08. The number of aryl methyl sites for hydroxylation is 1. The second-order valence-electron chi connectivity index (χ2n) is 3.98. The Labute approximate surface area is 118 Å². The van der Waals surface area contributed by atoms with Gasteiger partial charge in [0, 0.05) is 15.8 Å². The minimum Gasteiger partial charge on any atom is -0.387 e. The van der Waals surface area contributed by atoms with Crippen molar-refractivity contribution < 1.29 is 5.11 Å². The molecule has 0 amide bonds. The quantitative estimate of drug-likeness (QED) is 0.860. The number of hydrogen-bond acceptors (Lipinski definition) is 2. The van der Waals surface area contributed by atoms with E-state index < -0.39 is 6.10 Å². The maximum atomic E-state index is 10.1. The van der Waals surface area contributed by atoms with E-state index in [0.29, 0.717) is 10.8 Å². The zero-order chi connectivity index (χ0) is 12.4. The van der Waals surface area contributed by atoms with Crippen molar-refractivity contribution in [2.24, 2.45) is 0 Å². The highest BCUT2D eigenvalue weighted by Crippen LogP contribution is 2.36. The van der Waals surface area contributed by atoms with Gasteiger partial charge in [0.25, 0.3) is 0 Å². The van der Waals surface area contributed by atoms with Crippen molar-refractivity contribution >= 4 is 38.9 Å². The number of aliphatic hydroxyl groups is 1. The lowest BCUT2D eigenvalue weighted by atomic mass is 10.0. The molecule has 0 aliphatic heterocycles. The number of rotatable bonds is 3. The number of aliphatic hydroxyl groups excluding tert-OH is 1. The van der Waals surface area contributed by atoms with Gasteiger partial charge in [-0.25, -0.2) is 0 Å². The monoisotopic (exact) mass is 330 g/mol.